The zero-order chi connectivity index (χ0) is 34.5. The monoisotopic (exact) mass is 719 g/mol. The summed E-state index contributed by atoms with van der Waals surface area (Å²) in [7, 11) is -5.26. The largest absolute Gasteiger partial charge is 0.453 e. The normalized spacial score (nSPS) is 16.5. The van der Waals surface area contributed by atoms with Crippen molar-refractivity contribution >= 4 is 43.7 Å². The number of rotatable bonds is 26. The van der Waals surface area contributed by atoms with Crippen molar-refractivity contribution in [3.63, 3.8) is 0 Å². The first kappa shape index (κ1) is 41.6. The first-order valence-corrected chi connectivity index (χ1v) is 21.6. The summed E-state index contributed by atoms with van der Waals surface area (Å²) in [6.45, 7) is 4.85. The van der Waals surface area contributed by atoms with E-state index < -0.39 is 32.2 Å². The van der Waals surface area contributed by atoms with Gasteiger partial charge in [0.2, 0.25) is 0 Å². The number of unbranched alkanes of at least 4 members (excludes halogenated alkanes) is 17. The van der Waals surface area contributed by atoms with Crippen molar-refractivity contribution in [2.75, 3.05) is 40.5 Å². The average Bonchev–Trinajstić information content (AvgIpc) is 3.52. The Morgan fingerprint density at radius 2 is 1.45 bits per heavy atom. The molecule has 1 aliphatic rings. The van der Waals surface area contributed by atoms with Crippen LogP contribution in [0, 0.1) is 0 Å². The van der Waals surface area contributed by atoms with Gasteiger partial charge in [-0.05, 0) is 32.3 Å². The molecule has 2 rings (SSSR count). The predicted molar refractivity (Wildman–Crippen MR) is 192 cm³/mol. The van der Waals surface area contributed by atoms with Crippen LogP contribution in [0.25, 0.3) is 0 Å². The highest BCUT2D eigenvalue weighted by Gasteiger charge is 2.43. The van der Waals surface area contributed by atoms with E-state index in [1.165, 1.54) is 118 Å². The maximum Gasteiger partial charge on any atom is 0.410 e. The van der Waals surface area contributed by atoms with Gasteiger partial charge in [0.25, 0.3) is 20.0 Å². The van der Waals surface area contributed by atoms with E-state index in [9.17, 15) is 21.6 Å². The fourth-order valence-corrected chi connectivity index (χ4v) is 10.8. The van der Waals surface area contributed by atoms with Crippen LogP contribution in [0.2, 0.25) is 0 Å². The van der Waals surface area contributed by atoms with Crippen molar-refractivity contribution in [1.29, 1.82) is 0 Å². The molecule has 0 unspecified atom stereocenters. The number of carbonyl (C=O) groups is 1. The van der Waals surface area contributed by atoms with Crippen LogP contribution in [-0.2, 0) is 29.5 Å². The fraction of sp³-hybridized carbons (Fsp3) is 0.824. The lowest BCUT2D eigenvalue weighted by molar-refractivity contribution is 0.0981. The maximum atomic E-state index is 13.5. The molecule has 13 heteroatoms. The molecule has 0 bridgehead atoms. The van der Waals surface area contributed by atoms with Crippen LogP contribution < -0.4 is 0 Å². The van der Waals surface area contributed by atoms with Crippen molar-refractivity contribution < 1.29 is 31.1 Å². The van der Waals surface area contributed by atoms with E-state index >= 15 is 0 Å². The summed E-state index contributed by atoms with van der Waals surface area (Å²) in [6.07, 6.45) is 23.7. The molecule has 1 amide bonds. The van der Waals surface area contributed by atoms with E-state index in [4.69, 9.17) is 9.47 Å². The number of fused-ring (bicyclic) bond motifs is 1. The molecule has 0 fully saturated rings. The van der Waals surface area contributed by atoms with Crippen LogP contribution in [0.1, 0.15) is 147 Å². The summed E-state index contributed by atoms with van der Waals surface area (Å²) in [5.74, 6) is 0. The molecule has 0 aromatic carbocycles. The molecule has 2 heterocycles. The molecule has 272 valence electrons. The molecule has 0 radical (unpaired) electrons. The zero-order valence-corrected chi connectivity index (χ0v) is 31.9. The Kier molecular flexibility index (Phi) is 20.3. The van der Waals surface area contributed by atoms with Gasteiger partial charge in [-0.25, -0.2) is 13.2 Å². The molecule has 0 spiro atoms. The summed E-state index contributed by atoms with van der Waals surface area (Å²) in [5, 5.41) is 0. The first-order valence-electron chi connectivity index (χ1n) is 17.9. The van der Waals surface area contributed by atoms with E-state index in [0.717, 1.165) is 19.3 Å². The van der Waals surface area contributed by atoms with Gasteiger partial charge in [0.15, 0.2) is 0 Å². The lowest BCUT2D eigenvalue weighted by atomic mass is 10.0. The topological polar surface area (TPSA) is 123 Å². The van der Waals surface area contributed by atoms with Gasteiger partial charge in [-0.1, -0.05) is 110 Å². The van der Waals surface area contributed by atoms with Crippen LogP contribution in [0.3, 0.4) is 0 Å². The number of hydrogen-bond acceptors (Lipinski definition) is 8. The van der Waals surface area contributed by atoms with E-state index in [2.05, 4.69) is 11.3 Å². The molecule has 0 saturated heterocycles. The minimum absolute atomic E-state index is 0.000779. The highest BCUT2D eigenvalue weighted by atomic mass is 32.3. The van der Waals surface area contributed by atoms with Crippen molar-refractivity contribution in [3.05, 3.63) is 11.6 Å². The molecule has 1 aromatic heterocycles. The van der Waals surface area contributed by atoms with Gasteiger partial charge in [-0.2, -0.15) is 17.1 Å². The molecule has 1 aliphatic heterocycles. The average molecular weight is 720 g/mol. The molecule has 0 aliphatic carbocycles. The van der Waals surface area contributed by atoms with Crippen molar-refractivity contribution in [2.24, 2.45) is 4.40 Å². The van der Waals surface area contributed by atoms with Crippen LogP contribution in [-0.4, -0.2) is 78.8 Å². The number of hydrogen-bond donors (Lipinski definition) is 0. The Morgan fingerprint density at radius 3 is 1.94 bits per heavy atom. The summed E-state index contributed by atoms with van der Waals surface area (Å²) in [4.78, 5) is 14.0. The SMILES string of the molecule is CCCCCCCCCCCCCCCCCCC/C=N/S(=O)(=O)c1cc2c(s1)S(=O)(=O)N(CCCOC)C[C@@H]2N(CC)C(=O)OC. The summed E-state index contributed by atoms with van der Waals surface area (Å²) < 4.78 is 68.3. The molecule has 0 N–H and O–H groups in total. The molecular formula is C34H61N3O7S3. The third-order valence-electron chi connectivity index (χ3n) is 8.80. The van der Waals surface area contributed by atoms with Crippen LogP contribution in [0.4, 0.5) is 4.79 Å². The Morgan fingerprint density at radius 1 is 0.915 bits per heavy atom. The van der Waals surface area contributed by atoms with Crippen LogP contribution in [0.15, 0.2) is 18.9 Å². The summed E-state index contributed by atoms with van der Waals surface area (Å²) in [6, 6.07) is 0.676. The molecule has 47 heavy (non-hydrogen) atoms. The minimum Gasteiger partial charge on any atom is -0.453 e. The van der Waals surface area contributed by atoms with Gasteiger partial charge in [-0.15, -0.1) is 11.3 Å². The van der Waals surface area contributed by atoms with Gasteiger partial charge in [-0.3, -0.25) is 0 Å². The lowest BCUT2D eigenvalue weighted by Crippen LogP contribution is -2.47. The van der Waals surface area contributed by atoms with Crippen LogP contribution in [0.5, 0.6) is 0 Å². The highest BCUT2D eigenvalue weighted by Crippen LogP contribution is 2.43. The van der Waals surface area contributed by atoms with E-state index in [-0.39, 0.29) is 33.6 Å². The van der Waals surface area contributed by atoms with E-state index in [0.29, 0.717) is 30.8 Å². The van der Waals surface area contributed by atoms with Crippen molar-refractivity contribution in [2.45, 2.75) is 150 Å². The Labute approximate surface area is 289 Å². The Balaban J connectivity index is 1.80. The van der Waals surface area contributed by atoms with E-state index in [1.54, 1.807) is 14.0 Å². The second-order valence-corrected chi connectivity index (χ2v) is 17.5. The number of ether oxygens (including phenoxy) is 2. The second-order valence-electron chi connectivity index (χ2n) is 12.5. The number of amides is 1. The number of sulfonamides is 2. The number of methoxy groups -OCH3 is 2. The summed E-state index contributed by atoms with van der Waals surface area (Å²) in [5.41, 5.74) is 0.284. The molecule has 0 saturated carbocycles. The highest BCUT2D eigenvalue weighted by molar-refractivity contribution is 7.94. The molecule has 1 atom stereocenters. The second kappa shape index (κ2) is 23.0. The Hall–Kier alpha value is -1.54. The first-order chi connectivity index (χ1) is 22.6. The van der Waals surface area contributed by atoms with Crippen molar-refractivity contribution in [1.82, 2.24) is 9.21 Å². The van der Waals surface area contributed by atoms with Gasteiger partial charge >= 0.3 is 6.09 Å². The maximum absolute atomic E-state index is 13.5. The fourth-order valence-electron chi connectivity index (χ4n) is 6.05. The van der Waals surface area contributed by atoms with Gasteiger partial charge in [0.05, 0.1) is 13.2 Å². The predicted octanol–water partition coefficient (Wildman–Crippen LogP) is 8.72. The van der Waals surface area contributed by atoms with Crippen molar-refractivity contribution in [3.8, 4) is 0 Å². The third kappa shape index (κ3) is 14.1. The van der Waals surface area contributed by atoms with Crippen LogP contribution >= 0.6 is 11.3 Å². The molecule has 1 aromatic rings. The minimum atomic E-state index is -4.10. The van der Waals surface area contributed by atoms with Gasteiger partial charge < -0.3 is 14.4 Å². The Bertz CT molecular complexity index is 1270. The lowest BCUT2D eigenvalue weighted by Gasteiger charge is -2.37. The number of nitrogens with zero attached hydrogens (tertiary/aromatic N) is 3. The zero-order valence-electron chi connectivity index (χ0n) is 29.4. The van der Waals surface area contributed by atoms with E-state index in [1.807, 2.05) is 0 Å². The number of likely N-dealkylation sites (N-methyl/N-ethyl adjacent to an activating group) is 1. The van der Waals surface area contributed by atoms with Gasteiger partial charge in [0, 0.05) is 45.1 Å². The standard InChI is InChI=1S/C34H61N3O7S3/c1-5-7-8-9-10-11-12-13-14-15-16-17-18-19-20-21-22-23-25-35-46(39,40)32-28-30-31(37(6-2)34(38)44-4)29-36(26-24-27-43-3)47(41,42)33(30)45-32/h25,28,31H,5-24,26-27,29H2,1-4H3/b35-25+/t31-/m0/s1. The molecular weight excluding hydrogens is 659 g/mol. The smallest absolute Gasteiger partial charge is 0.410 e. The van der Waals surface area contributed by atoms with Gasteiger partial charge in [0.1, 0.15) is 8.42 Å². The summed E-state index contributed by atoms with van der Waals surface area (Å²) >= 11 is 0.692. The third-order valence-corrected chi connectivity index (χ3v) is 14.1. The quantitative estimate of drug-likeness (QED) is 0.0693. The molecule has 10 nitrogen and oxygen atoms in total. The number of thiophene rings is 1. The number of carbonyl (C=O) groups excluding carboxylic acids is 1.